The van der Waals surface area contributed by atoms with Gasteiger partial charge in [0.15, 0.2) is 0 Å². The van der Waals surface area contributed by atoms with Crippen molar-refractivity contribution >= 4 is 11.6 Å². The predicted molar refractivity (Wildman–Crippen MR) is 68.4 cm³/mol. The first-order valence-corrected chi connectivity index (χ1v) is 5.70. The lowest BCUT2D eigenvalue weighted by molar-refractivity contribution is 0.0935. The van der Waals surface area contributed by atoms with Crippen LogP contribution in [-0.2, 0) is 0 Å². The van der Waals surface area contributed by atoms with Gasteiger partial charge in [-0.15, -0.1) is 0 Å². The fourth-order valence-corrected chi connectivity index (χ4v) is 2.09. The van der Waals surface area contributed by atoms with E-state index in [1.807, 2.05) is 24.3 Å². The first-order valence-electron chi connectivity index (χ1n) is 5.70. The fraction of sp³-hybridized carbons (Fsp3) is 0.0714. The molecule has 0 aliphatic carbocycles. The third kappa shape index (κ3) is 1.68. The molecule has 3 N–H and O–H groups in total. The molecule has 1 aliphatic heterocycles. The second kappa shape index (κ2) is 4.07. The Kier molecular flexibility index (Phi) is 2.41. The van der Waals surface area contributed by atoms with Crippen LogP contribution in [-0.4, -0.2) is 11.0 Å². The normalized spacial score (nSPS) is 17.6. The zero-order chi connectivity index (χ0) is 12.5. The largest absolute Gasteiger partial charge is 0.508 e. The second-order valence-electron chi connectivity index (χ2n) is 4.16. The second-order valence-corrected chi connectivity index (χ2v) is 4.16. The Morgan fingerprint density at radius 3 is 2.50 bits per heavy atom. The van der Waals surface area contributed by atoms with Crippen molar-refractivity contribution in [2.24, 2.45) is 0 Å². The monoisotopic (exact) mass is 240 g/mol. The molecule has 1 heterocycles. The summed E-state index contributed by atoms with van der Waals surface area (Å²) >= 11 is 0. The maximum absolute atomic E-state index is 11.9. The van der Waals surface area contributed by atoms with E-state index in [-0.39, 0.29) is 11.7 Å². The van der Waals surface area contributed by atoms with E-state index in [1.165, 1.54) is 0 Å². The minimum Gasteiger partial charge on any atom is -0.508 e. The average Bonchev–Trinajstić information content (AvgIpc) is 2.39. The Labute approximate surface area is 104 Å². The molecule has 18 heavy (non-hydrogen) atoms. The molecule has 0 saturated carbocycles. The van der Waals surface area contributed by atoms with Crippen LogP contribution in [0.2, 0.25) is 0 Å². The maximum atomic E-state index is 11.9. The number of amides is 1. The van der Waals surface area contributed by atoms with Crippen molar-refractivity contribution in [3.8, 4) is 5.75 Å². The van der Waals surface area contributed by atoms with Crippen LogP contribution in [0.25, 0.3) is 0 Å². The van der Waals surface area contributed by atoms with Crippen LogP contribution in [0.1, 0.15) is 22.1 Å². The van der Waals surface area contributed by atoms with Gasteiger partial charge < -0.3 is 15.7 Å². The van der Waals surface area contributed by atoms with Gasteiger partial charge in [0, 0.05) is 11.3 Å². The molecule has 0 saturated heterocycles. The molecular weight excluding hydrogens is 228 g/mol. The maximum Gasteiger partial charge on any atom is 0.255 e. The lowest BCUT2D eigenvalue weighted by Crippen LogP contribution is -2.38. The number of aromatic hydroxyl groups is 1. The topological polar surface area (TPSA) is 61.4 Å². The number of benzene rings is 2. The number of hydrogen-bond donors (Lipinski definition) is 3. The van der Waals surface area contributed by atoms with Gasteiger partial charge in [0.1, 0.15) is 11.9 Å². The van der Waals surface area contributed by atoms with Gasteiger partial charge in [-0.1, -0.05) is 30.3 Å². The van der Waals surface area contributed by atoms with Gasteiger partial charge in [-0.05, 0) is 18.2 Å². The summed E-state index contributed by atoms with van der Waals surface area (Å²) in [4.78, 5) is 11.9. The first-order chi connectivity index (χ1) is 8.75. The molecule has 1 aliphatic rings. The molecule has 0 radical (unpaired) electrons. The number of phenols is 1. The van der Waals surface area contributed by atoms with Crippen molar-refractivity contribution in [2.75, 3.05) is 5.32 Å². The Morgan fingerprint density at radius 1 is 0.944 bits per heavy atom. The lowest BCUT2D eigenvalue weighted by atomic mass is 10.1. The molecule has 0 unspecified atom stereocenters. The highest BCUT2D eigenvalue weighted by molar-refractivity contribution is 6.01. The lowest BCUT2D eigenvalue weighted by Gasteiger charge is -2.28. The number of para-hydroxylation sites is 2. The standard InChI is InChI=1S/C14H12N2O2/c17-12-8-4-2-6-10(12)13-15-11-7-3-1-5-9(11)14(18)16-13/h1-8,13,15,17H,(H,16,18)/t13-/m0/s1. The van der Waals surface area contributed by atoms with Crippen LogP contribution in [0.5, 0.6) is 5.75 Å². The third-order valence-corrected chi connectivity index (χ3v) is 2.99. The molecule has 1 amide bonds. The first kappa shape index (κ1) is 10.7. The van der Waals surface area contributed by atoms with E-state index >= 15 is 0 Å². The molecule has 90 valence electrons. The van der Waals surface area contributed by atoms with Crippen LogP contribution in [0.4, 0.5) is 5.69 Å². The van der Waals surface area contributed by atoms with E-state index in [2.05, 4.69) is 10.6 Å². The van der Waals surface area contributed by atoms with Crippen LogP contribution in [0, 0.1) is 0 Å². The van der Waals surface area contributed by atoms with E-state index < -0.39 is 6.17 Å². The molecule has 4 heteroatoms. The highest BCUT2D eigenvalue weighted by Crippen LogP contribution is 2.30. The Bertz CT molecular complexity index is 610. The molecule has 0 fully saturated rings. The van der Waals surface area contributed by atoms with Gasteiger partial charge in [-0.3, -0.25) is 4.79 Å². The van der Waals surface area contributed by atoms with Gasteiger partial charge in [0.2, 0.25) is 0 Å². The summed E-state index contributed by atoms with van der Waals surface area (Å²) in [5.41, 5.74) is 2.04. The molecule has 0 spiro atoms. The number of nitrogens with one attached hydrogen (secondary N) is 2. The number of carbonyl (C=O) groups excluding carboxylic acids is 1. The summed E-state index contributed by atoms with van der Waals surface area (Å²) in [6.07, 6.45) is -0.409. The third-order valence-electron chi connectivity index (χ3n) is 2.99. The molecule has 1 atom stereocenters. The van der Waals surface area contributed by atoms with E-state index in [1.54, 1.807) is 24.3 Å². The molecule has 2 aromatic rings. The number of phenolic OH excluding ortho intramolecular Hbond substituents is 1. The fourth-order valence-electron chi connectivity index (χ4n) is 2.09. The highest BCUT2D eigenvalue weighted by Gasteiger charge is 2.25. The molecule has 2 aromatic carbocycles. The van der Waals surface area contributed by atoms with Crippen LogP contribution < -0.4 is 10.6 Å². The number of fused-ring (bicyclic) bond motifs is 1. The zero-order valence-electron chi connectivity index (χ0n) is 9.55. The summed E-state index contributed by atoms with van der Waals surface area (Å²) in [5.74, 6) is 0.0206. The van der Waals surface area contributed by atoms with Gasteiger partial charge in [-0.2, -0.15) is 0 Å². The Balaban J connectivity index is 2.00. The Hall–Kier alpha value is -2.49. The Morgan fingerprint density at radius 2 is 1.67 bits per heavy atom. The molecule has 0 aromatic heterocycles. The highest BCUT2D eigenvalue weighted by atomic mass is 16.3. The van der Waals surface area contributed by atoms with Gasteiger partial charge in [-0.25, -0.2) is 0 Å². The van der Waals surface area contributed by atoms with Gasteiger partial charge in [0.25, 0.3) is 5.91 Å². The van der Waals surface area contributed by atoms with Crippen LogP contribution in [0.3, 0.4) is 0 Å². The number of hydrogen-bond acceptors (Lipinski definition) is 3. The smallest absolute Gasteiger partial charge is 0.255 e. The van der Waals surface area contributed by atoms with Crippen molar-refractivity contribution in [1.82, 2.24) is 5.32 Å². The zero-order valence-corrected chi connectivity index (χ0v) is 9.55. The number of anilines is 1. The van der Waals surface area contributed by atoms with Gasteiger partial charge in [0.05, 0.1) is 5.56 Å². The number of carbonyl (C=O) groups is 1. The van der Waals surface area contributed by atoms with Gasteiger partial charge >= 0.3 is 0 Å². The summed E-state index contributed by atoms with van der Waals surface area (Å²) in [6, 6.07) is 14.2. The van der Waals surface area contributed by atoms with E-state index in [9.17, 15) is 9.90 Å². The van der Waals surface area contributed by atoms with Crippen LogP contribution >= 0.6 is 0 Å². The minimum atomic E-state index is -0.409. The van der Waals surface area contributed by atoms with Crippen LogP contribution in [0.15, 0.2) is 48.5 Å². The predicted octanol–water partition coefficient (Wildman–Crippen LogP) is 2.25. The van der Waals surface area contributed by atoms with Crippen molar-refractivity contribution < 1.29 is 9.90 Å². The van der Waals surface area contributed by atoms with Crippen molar-refractivity contribution in [3.63, 3.8) is 0 Å². The number of rotatable bonds is 1. The summed E-state index contributed by atoms with van der Waals surface area (Å²) in [5, 5.41) is 15.8. The van der Waals surface area contributed by atoms with Crippen molar-refractivity contribution in [3.05, 3.63) is 59.7 Å². The molecule has 4 nitrogen and oxygen atoms in total. The summed E-state index contributed by atoms with van der Waals surface area (Å²) in [7, 11) is 0. The molecule has 0 bridgehead atoms. The van der Waals surface area contributed by atoms with Crippen molar-refractivity contribution in [2.45, 2.75) is 6.17 Å². The summed E-state index contributed by atoms with van der Waals surface area (Å²) in [6.45, 7) is 0. The van der Waals surface area contributed by atoms with E-state index in [4.69, 9.17) is 0 Å². The van der Waals surface area contributed by atoms with Crippen molar-refractivity contribution in [1.29, 1.82) is 0 Å². The van der Waals surface area contributed by atoms with E-state index in [0.29, 0.717) is 11.1 Å². The summed E-state index contributed by atoms with van der Waals surface area (Å²) < 4.78 is 0. The molecule has 3 rings (SSSR count). The molecular formula is C14H12N2O2. The van der Waals surface area contributed by atoms with E-state index in [0.717, 1.165) is 5.69 Å². The average molecular weight is 240 g/mol. The SMILES string of the molecule is O=C1N[C@@H](c2ccccc2O)Nc2ccccc21. The minimum absolute atomic E-state index is 0.141. The quantitative estimate of drug-likeness (QED) is 0.716.